The van der Waals surface area contributed by atoms with E-state index in [1.807, 2.05) is 43.3 Å². The summed E-state index contributed by atoms with van der Waals surface area (Å²) in [7, 11) is 0. The highest BCUT2D eigenvalue weighted by molar-refractivity contribution is 5.94. The Morgan fingerprint density at radius 1 is 1.20 bits per heavy atom. The normalized spacial score (nSPS) is 33.2. The zero-order chi connectivity index (χ0) is 25.2. The molecule has 2 fully saturated rings. The maximum Gasteiger partial charge on any atom is 0.342 e. The van der Waals surface area contributed by atoms with Gasteiger partial charge in [-0.15, -0.1) is 0 Å². The van der Waals surface area contributed by atoms with Gasteiger partial charge in [0.25, 0.3) is 0 Å². The van der Waals surface area contributed by atoms with Crippen molar-refractivity contribution in [1.29, 1.82) is 0 Å². The molecule has 0 N–H and O–H groups in total. The number of cyclic esters (lactones) is 1. The van der Waals surface area contributed by atoms with E-state index in [9.17, 15) is 14.4 Å². The van der Waals surface area contributed by atoms with Crippen LogP contribution in [-0.2, 0) is 35.2 Å². The van der Waals surface area contributed by atoms with Gasteiger partial charge in [-0.1, -0.05) is 55.5 Å². The Morgan fingerprint density at radius 2 is 1.94 bits per heavy atom. The van der Waals surface area contributed by atoms with Crippen molar-refractivity contribution in [3.8, 4) is 0 Å². The molecule has 6 nitrogen and oxygen atoms in total. The number of carbonyl (C=O) groups excluding carboxylic acids is 3. The zero-order valence-electron chi connectivity index (χ0n) is 20.8. The van der Waals surface area contributed by atoms with Crippen LogP contribution in [0.15, 0.2) is 66.5 Å². The summed E-state index contributed by atoms with van der Waals surface area (Å²) in [6.45, 7) is 10.0. The number of rotatable bonds is 6. The van der Waals surface area contributed by atoms with Crippen molar-refractivity contribution in [1.82, 2.24) is 0 Å². The molecule has 6 heteroatoms. The number of benzene rings is 1. The molecule has 0 radical (unpaired) electrons. The molecule has 1 aliphatic heterocycles. The lowest BCUT2D eigenvalue weighted by Gasteiger charge is -2.59. The number of carbonyl (C=O) groups is 3. The molecular formula is C29H34O6. The molecule has 0 unspecified atom stereocenters. The minimum Gasteiger partial charge on any atom is -0.461 e. The standard InChI is InChI=1S/C29H34O6/c1-19-10-13-24-28(3,23(19)12-11-22-15-17-33-26(22)31)16-14-25(35-20(2)30)29(24,4)27(32)34-18-21-8-6-5-7-9-21/h5-9,11,15,17,23-25H,1,10,12-14,16,18H2,2-4H3/b22-11+/t23-,24+,25-,28+,29+/m1/s1. The Bertz CT molecular complexity index is 1070. The van der Waals surface area contributed by atoms with Gasteiger partial charge in [0.2, 0.25) is 0 Å². The summed E-state index contributed by atoms with van der Waals surface area (Å²) in [6, 6.07) is 9.57. The molecule has 1 aromatic rings. The smallest absolute Gasteiger partial charge is 0.342 e. The maximum atomic E-state index is 13.8. The van der Waals surface area contributed by atoms with Crippen LogP contribution in [0.4, 0.5) is 0 Å². The van der Waals surface area contributed by atoms with Crippen LogP contribution in [-0.4, -0.2) is 24.0 Å². The third-order valence-corrected chi connectivity index (χ3v) is 8.37. The van der Waals surface area contributed by atoms with Gasteiger partial charge in [0.1, 0.15) is 18.1 Å². The molecule has 2 saturated carbocycles. The summed E-state index contributed by atoms with van der Waals surface area (Å²) >= 11 is 0. The van der Waals surface area contributed by atoms with Crippen LogP contribution < -0.4 is 0 Å². The van der Waals surface area contributed by atoms with Crippen molar-refractivity contribution in [2.75, 3.05) is 0 Å². The molecule has 0 saturated heterocycles. The van der Waals surface area contributed by atoms with Crippen LogP contribution in [0, 0.1) is 22.7 Å². The van der Waals surface area contributed by atoms with Gasteiger partial charge in [-0.2, -0.15) is 0 Å². The summed E-state index contributed by atoms with van der Waals surface area (Å²) in [5, 5.41) is 0. The number of fused-ring (bicyclic) bond motifs is 1. The van der Waals surface area contributed by atoms with Crippen LogP contribution >= 0.6 is 0 Å². The van der Waals surface area contributed by atoms with E-state index in [-0.39, 0.29) is 35.8 Å². The predicted octanol–water partition coefficient (Wildman–Crippen LogP) is 5.44. The highest BCUT2D eigenvalue weighted by Gasteiger charge is 2.62. The maximum absolute atomic E-state index is 13.8. The summed E-state index contributed by atoms with van der Waals surface area (Å²) in [5.41, 5.74) is 1.32. The molecule has 0 spiro atoms. The molecule has 4 rings (SSSR count). The van der Waals surface area contributed by atoms with E-state index in [0.29, 0.717) is 18.4 Å². The second kappa shape index (κ2) is 9.84. The monoisotopic (exact) mass is 478 g/mol. The summed E-state index contributed by atoms with van der Waals surface area (Å²) in [6.07, 6.45) is 7.94. The van der Waals surface area contributed by atoms with E-state index < -0.39 is 17.5 Å². The Labute approximate surface area is 207 Å². The molecule has 0 bridgehead atoms. The van der Waals surface area contributed by atoms with Gasteiger partial charge < -0.3 is 14.2 Å². The number of esters is 3. The van der Waals surface area contributed by atoms with Crippen molar-refractivity contribution in [2.45, 2.75) is 65.6 Å². The molecule has 3 aliphatic rings. The van der Waals surface area contributed by atoms with Gasteiger partial charge >= 0.3 is 17.9 Å². The highest BCUT2D eigenvalue weighted by Crippen LogP contribution is 2.62. The number of hydrogen-bond acceptors (Lipinski definition) is 6. The molecule has 35 heavy (non-hydrogen) atoms. The third kappa shape index (κ3) is 4.71. The van der Waals surface area contributed by atoms with Crippen molar-refractivity contribution >= 4 is 17.9 Å². The Balaban J connectivity index is 1.64. The first-order valence-corrected chi connectivity index (χ1v) is 12.3. The van der Waals surface area contributed by atoms with Gasteiger partial charge in [-0.3, -0.25) is 9.59 Å². The molecule has 1 heterocycles. The van der Waals surface area contributed by atoms with Crippen molar-refractivity contribution in [3.05, 3.63) is 72.0 Å². The van der Waals surface area contributed by atoms with E-state index in [2.05, 4.69) is 13.5 Å². The first kappa shape index (κ1) is 25.0. The lowest BCUT2D eigenvalue weighted by atomic mass is 9.46. The second-order valence-electron chi connectivity index (χ2n) is 10.4. The topological polar surface area (TPSA) is 78.9 Å². The molecule has 186 valence electrons. The highest BCUT2D eigenvalue weighted by atomic mass is 16.6. The molecule has 0 aromatic heterocycles. The third-order valence-electron chi connectivity index (χ3n) is 8.37. The number of allylic oxidation sites excluding steroid dienone is 2. The van der Waals surface area contributed by atoms with Gasteiger partial charge in [0.05, 0.1) is 11.8 Å². The van der Waals surface area contributed by atoms with Crippen LogP contribution in [0.1, 0.15) is 58.4 Å². The molecule has 2 aliphatic carbocycles. The van der Waals surface area contributed by atoms with E-state index in [0.717, 1.165) is 30.4 Å². The van der Waals surface area contributed by atoms with Gasteiger partial charge in [0.15, 0.2) is 0 Å². The number of hydrogen-bond donors (Lipinski definition) is 0. The Kier molecular flexibility index (Phi) is 7.02. The first-order chi connectivity index (χ1) is 16.7. The fraction of sp³-hybridized carbons (Fsp3) is 0.483. The van der Waals surface area contributed by atoms with Gasteiger partial charge in [-0.25, -0.2) is 4.79 Å². The number of ether oxygens (including phenoxy) is 3. The lowest BCUT2D eigenvalue weighted by Crippen LogP contribution is -2.60. The largest absolute Gasteiger partial charge is 0.461 e. The average molecular weight is 479 g/mol. The van der Waals surface area contributed by atoms with Crippen LogP contribution in [0.2, 0.25) is 0 Å². The quantitative estimate of drug-likeness (QED) is 0.235. The van der Waals surface area contributed by atoms with Crippen molar-refractivity contribution in [2.24, 2.45) is 22.7 Å². The Hall–Kier alpha value is -3.15. The fourth-order valence-corrected chi connectivity index (χ4v) is 6.51. The summed E-state index contributed by atoms with van der Waals surface area (Å²) in [5.74, 6) is -1.07. The SMILES string of the molecule is C=C1CC[C@H]2[C@@](C)(CC[C@@H](OC(C)=O)[C@@]2(C)C(=O)OCc2ccccc2)[C@@H]1C/C=C1\C=COC1=O. The minimum absolute atomic E-state index is 0.0728. The van der Waals surface area contributed by atoms with Gasteiger partial charge in [0, 0.05) is 6.92 Å². The zero-order valence-corrected chi connectivity index (χ0v) is 20.8. The Morgan fingerprint density at radius 3 is 2.60 bits per heavy atom. The second-order valence-corrected chi connectivity index (χ2v) is 10.4. The van der Waals surface area contributed by atoms with Crippen LogP contribution in [0.5, 0.6) is 0 Å². The predicted molar refractivity (Wildman–Crippen MR) is 131 cm³/mol. The fourth-order valence-electron chi connectivity index (χ4n) is 6.51. The minimum atomic E-state index is -0.994. The van der Waals surface area contributed by atoms with E-state index in [1.54, 1.807) is 6.08 Å². The average Bonchev–Trinajstić information content (AvgIpc) is 3.24. The van der Waals surface area contributed by atoms with E-state index in [1.165, 1.54) is 13.2 Å². The van der Waals surface area contributed by atoms with E-state index >= 15 is 0 Å². The molecular weight excluding hydrogens is 444 g/mol. The van der Waals surface area contributed by atoms with Crippen molar-refractivity contribution in [3.63, 3.8) is 0 Å². The molecule has 1 aromatic carbocycles. The van der Waals surface area contributed by atoms with Crippen LogP contribution in [0.3, 0.4) is 0 Å². The molecule has 5 atom stereocenters. The van der Waals surface area contributed by atoms with E-state index in [4.69, 9.17) is 14.2 Å². The summed E-state index contributed by atoms with van der Waals surface area (Å²) in [4.78, 5) is 37.7. The summed E-state index contributed by atoms with van der Waals surface area (Å²) < 4.78 is 16.5. The van der Waals surface area contributed by atoms with Crippen molar-refractivity contribution < 1.29 is 28.6 Å². The van der Waals surface area contributed by atoms with Gasteiger partial charge in [-0.05, 0) is 67.9 Å². The lowest BCUT2D eigenvalue weighted by molar-refractivity contribution is -0.199. The van der Waals surface area contributed by atoms with Crippen LogP contribution in [0.25, 0.3) is 0 Å². The molecule has 0 amide bonds. The first-order valence-electron chi connectivity index (χ1n) is 12.3.